The summed E-state index contributed by atoms with van der Waals surface area (Å²) in [7, 11) is 0. The number of fused-ring (bicyclic) bond motifs is 1. The van der Waals surface area contributed by atoms with E-state index >= 15 is 0 Å². The van der Waals surface area contributed by atoms with Crippen molar-refractivity contribution in [2.24, 2.45) is 5.92 Å². The van der Waals surface area contributed by atoms with E-state index in [0.717, 1.165) is 23.2 Å². The van der Waals surface area contributed by atoms with Gasteiger partial charge in [-0.25, -0.2) is 0 Å². The van der Waals surface area contributed by atoms with Gasteiger partial charge in [0, 0.05) is 24.0 Å². The zero-order valence-corrected chi connectivity index (χ0v) is 20.1. The molecular weight excluding hydrogens is 511 g/mol. The third kappa shape index (κ3) is 4.50. The lowest BCUT2D eigenvalue weighted by atomic mass is 9.87. The van der Waals surface area contributed by atoms with Crippen molar-refractivity contribution >= 4 is 45.9 Å². The van der Waals surface area contributed by atoms with Gasteiger partial charge in [0.2, 0.25) is 0 Å². The quantitative estimate of drug-likeness (QED) is 0.479. The second-order valence-corrected chi connectivity index (χ2v) is 9.55. The van der Waals surface area contributed by atoms with E-state index < -0.39 is 35.1 Å². The fourth-order valence-corrected chi connectivity index (χ4v) is 4.95. The second-order valence-electron chi connectivity index (χ2n) is 9.14. The fourth-order valence-electron chi connectivity index (χ4n) is 4.70. The molecule has 5 rings (SSSR count). The number of rotatable bonds is 4. The van der Waals surface area contributed by atoms with Crippen LogP contribution in [0, 0.1) is 5.92 Å². The van der Waals surface area contributed by atoms with Gasteiger partial charge in [0.15, 0.2) is 0 Å². The first-order valence-electron chi connectivity index (χ1n) is 11.7. The minimum absolute atomic E-state index is 0.167. The maximum atomic E-state index is 13.8. The Labute approximate surface area is 214 Å². The van der Waals surface area contributed by atoms with Crippen LogP contribution >= 0.6 is 11.6 Å². The summed E-state index contributed by atoms with van der Waals surface area (Å²) >= 11 is 6.09. The summed E-state index contributed by atoms with van der Waals surface area (Å²) in [5.41, 5.74) is -0.436. The standard InChI is InChI=1S/C26H21ClF3N3O4/c27-19-4-1-3-18(26(28,29)30)21(19)24(35)33-20-13-16(23(34)32-11-2-12-32)9-10-17(20)22(31-33)14-5-7-15(8-6-14)25(36)37/h1,3-5,9-10,13,15H,2,6-8,11-12H2,(H,36,37). The summed E-state index contributed by atoms with van der Waals surface area (Å²) in [4.78, 5) is 39.4. The molecule has 1 saturated heterocycles. The Kier molecular flexibility index (Phi) is 6.31. The third-order valence-electron chi connectivity index (χ3n) is 6.86. The van der Waals surface area contributed by atoms with E-state index in [4.69, 9.17) is 11.6 Å². The number of hydrogen-bond acceptors (Lipinski definition) is 4. The van der Waals surface area contributed by atoms with Crippen LogP contribution in [0.3, 0.4) is 0 Å². The minimum Gasteiger partial charge on any atom is -0.481 e. The number of hydrogen-bond donors (Lipinski definition) is 1. The topological polar surface area (TPSA) is 92.5 Å². The Morgan fingerprint density at radius 2 is 1.84 bits per heavy atom. The van der Waals surface area contributed by atoms with E-state index in [-0.39, 0.29) is 28.4 Å². The summed E-state index contributed by atoms with van der Waals surface area (Å²) in [6, 6.07) is 7.77. The van der Waals surface area contributed by atoms with Crippen molar-refractivity contribution in [2.75, 3.05) is 13.1 Å². The van der Waals surface area contributed by atoms with Gasteiger partial charge in [-0.05, 0) is 61.6 Å². The zero-order chi connectivity index (χ0) is 26.5. The van der Waals surface area contributed by atoms with Crippen molar-refractivity contribution in [3.63, 3.8) is 0 Å². The summed E-state index contributed by atoms with van der Waals surface area (Å²) in [6.45, 7) is 1.21. The molecule has 0 radical (unpaired) electrons. The van der Waals surface area contributed by atoms with Gasteiger partial charge in [0.1, 0.15) is 0 Å². The predicted octanol–water partition coefficient (Wildman–Crippen LogP) is 5.51. The van der Waals surface area contributed by atoms with E-state index in [1.54, 1.807) is 23.1 Å². The second kappa shape index (κ2) is 9.33. The summed E-state index contributed by atoms with van der Waals surface area (Å²) < 4.78 is 42.2. The van der Waals surface area contributed by atoms with Crippen LogP contribution in [0.4, 0.5) is 13.2 Å². The van der Waals surface area contributed by atoms with Crippen LogP contribution in [-0.2, 0) is 11.0 Å². The van der Waals surface area contributed by atoms with Gasteiger partial charge >= 0.3 is 12.1 Å². The van der Waals surface area contributed by atoms with Crippen molar-refractivity contribution in [1.29, 1.82) is 0 Å². The Bertz CT molecular complexity index is 1470. The first-order valence-corrected chi connectivity index (χ1v) is 12.1. The van der Waals surface area contributed by atoms with E-state index in [9.17, 15) is 32.7 Å². The van der Waals surface area contributed by atoms with Crippen LogP contribution < -0.4 is 0 Å². The monoisotopic (exact) mass is 531 g/mol. The molecule has 192 valence electrons. The number of aliphatic carboxylic acids is 1. The van der Waals surface area contributed by atoms with Crippen LogP contribution in [0.2, 0.25) is 5.02 Å². The maximum absolute atomic E-state index is 13.8. The highest BCUT2D eigenvalue weighted by molar-refractivity contribution is 6.34. The van der Waals surface area contributed by atoms with Gasteiger partial charge in [-0.1, -0.05) is 23.7 Å². The molecule has 1 amide bonds. The molecule has 1 atom stereocenters. The molecule has 1 unspecified atom stereocenters. The van der Waals surface area contributed by atoms with Crippen LogP contribution in [-0.4, -0.2) is 50.7 Å². The Morgan fingerprint density at radius 1 is 1.08 bits per heavy atom. The smallest absolute Gasteiger partial charge is 0.417 e. The number of likely N-dealkylation sites (tertiary alicyclic amines) is 1. The van der Waals surface area contributed by atoms with Crippen molar-refractivity contribution in [1.82, 2.24) is 14.7 Å². The van der Waals surface area contributed by atoms with Crippen LogP contribution in [0.5, 0.6) is 0 Å². The number of halogens is 4. The molecular formula is C26H21ClF3N3O4. The summed E-state index contributed by atoms with van der Waals surface area (Å²) in [6.07, 6.45) is -1.23. The molecule has 1 aromatic heterocycles. The van der Waals surface area contributed by atoms with Crippen LogP contribution in [0.15, 0.2) is 42.5 Å². The highest BCUT2D eigenvalue weighted by Crippen LogP contribution is 2.38. The van der Waals surface area contributed by atoms with E-state index in [1.165, 1.54) is 12.1 Å². The van der Waals surface area contributed by atoms with E-state index in [0.29, 0.717) is 42.6 Å². The molecule has 37 heavy (non-hydrogen) atoms. The SMILES string of the molecule is O=C(O)C1CC=C(c2nn(C(=O)c3c(Cl)cccc3C(F)(F)F)c3cc(C(=O)N4CCC4)ccc23)CC1. The number of amides is 1. The molecule has 0 spiro atoms. The number of carboxylic acid groups (broad SMARTS) is 1. The lowest BCUT2D eigenvalue weighted by Crippen LogP contribution is -2.42. The predicted molar refractivity (Wildman–Crippen MR) is 129 cm³/mol. The highest BCUT2D eigenvalue weighted by atomic mass is 35.5. The van der Waals surface area contributed by atoms with Gasteiger partial charge in [-0.15, -0.1) is 0 Å². The van der Waals surface area contributed by atoms with Crippen molar-refractivity contribution in [3.8, 4) is 0 Å². The lowest BCUT2D eigenvalue weighted by Gasteiger charge is -2.30. The molecule has 11 heteroatoms. The van der Waals surface area contributed by atoms with Crippen LogP contribution in [0.1, 0.15) is 57.7 Å². The largest absolute Gasteiger partial charge is 0.481 e. The molecule has 0 bridgehead atoms. The van der Waals surface area contributed by atoms with E-state index in [1.807, 2.05) is 0 Å². The van der Waals surface area contributed by atoms with Gasteiger partial charge < -0.3 is 10.0 Å². The first-order chi connectivity index (χ1) is 17.6. The zero-order valence-electron chi connectivity index (χ0n) is 19.4. The number of benzene rings is 2. The summed E-state index contributed by atoms with van der Waals surface area (Å²) in [5, 5.41) is 13.8. The minimum atomic E-state index is -4.84. The first kappa shape index (κ1) is 25.0. The van der Waals surface area contributed by atoms with E-state index in [2.05, 4.69) is 5.10 Å². The Hall–Kier alpha value is -3.66. The van der Waals surface area contributed by atoms with Crippen molar-refractivity contribution < 1.29 is 32.7 Å². The number of allylic oxidation sites excluding steroid dienone is 2. The average molecular weight is 532 g/mol. The third-order valence-corrected chi connectivity index (χ3v) is 7.18. The van der Waals surface area contributed by atoms with Crippen molar-refractivity contribution in [2.45, 2.75) is 31.9 Å². The molecule has 3 aromatic rings. The number of carboxylic acids is 1. The molecule has 2 aromatic carbocycles. The molecule has 7 nitrogen and oxygen atoms in total. The molecule has 1 fully saturated rings. The number of carbonyl (C=O) groups excluding carboxylic acids is 2. The number of carbonyl (C=O) groups is 3. The van der Waals surface area contributed by atoms with Crippen molar-refractivity contribution in [3.05, 3.63) is 69.9 Å². The van der Waals surface area contributed by atoms with Gasteiger partial charge in [0.25, 0.3) is 11.8 Å². The van der Waals surface area contributed by atoms with Gasteiger partial charge in [-0.2, -0.15) is 23.0 Å². The van der Waals surface area contributed by atoms with Crippen LogP contribution in [0.25, 0.3) is 16.5 Å². The molecule has 2 aliphatic rings. The summed E-state index contributed by atoms with van der Waals surface area (Å²) in [5.74, 6) is -2.78. The number of nitrogens with zero attached hydrogens (tertiary/aromatic N) is 3. The molecule has 2 heterocycles. The molecule has 0 saturated carbocycles. The van der Waals surface area contributed by atoms with Gasteiger partial charge in [0.05, 0.1) is 33.3 Å². The lowest BCUT2D eigenvalue weighted by molar-refractivity contribution is -0.142. The molecule has 1 aliphatic heterocycles. The molecule has 1 N–H and O–H groups in total. The number of aromatic nitrogens is 2. The Balaban J connectivity index is 1.67. The number of alkyl halides is 3. The fraction of sp³-hybridized carbons (Fsp3) is 0.308. The maximum Gasteiger partial charge on any atom is 0.417 e. The normalized spacial score (nSPS) is 17.9. The van der Waals surface area contributed by atoms with Gasteiger partial charge in [-0.3, -0.25) is 14.4 Å². The highest BCUT2D eigenvalue weighted by Gasteiger charge is 2.37. The average Bonchev–Trinajstić information content (AvgIpc) is 3.20. The molecule has 1 aliphatic carbocycles. The Morgan fingerprint density at radius 3 is 2.43 bits per heavy atom.